The minimum Gasteiger partial charge on any atom is -0.317 e. The molecule has 0 aromatic heterocycles. The molecule has 88 valence electrons. The zero-order valence-corrected chi connectivity index (χ0v) is 9.83. The first-order chi connectivity index (χ1) is 7.33. The van der Waals surface area contributed by atoms with Crippen molar-refractivity contribution < 1.29 is 4.84 Å². The molecule has 0 aromatic rings. The Balaban J connectivity index is 1.87. The largest absolute Gasteiger partial charge is 0.317 e. The van der Waals surface area contributed by atoms with Gasteiger partial charge in [-0.3, -0.25) is 9.74 Å². The summed E-state index contributed by atoms with van der Waals surface area (Å²) in [6, 6.07) is 0. The van der Waals surface area contributed by atoms with Gasteiger partial charge in [-0.15, -0.1) is 0 Å². The van der Waals surface area contributed by atoms with Gasteiger partial charge in [-0.25, -0.2) is 0 Å². The van der Waals surface area contributed by atoms with E-state index in [1.807, 2.05) is 0 Å². The quantitative estimate of drug-likeness (QED) is 0.730. The van der Waals surface area contributed by atoms with E-state index < -0.39 is 0 Å². The highest BCUT2D eigenvalue weighted by Gasteiger charge is 2.36. The van der Waals surface area contributed by atoms with Crippen molar-refractivity contribution in [1.29, 1.82) is 0 Å². The fraction of sp³-hybridized carbons (Fsp3) is 1.00. The average Bonchev–Trinajstić information content (AvgIpc) is 2.63. The Bertz CT molecular complexity index is 194. The SMILES string of the molecule is CCCC1ONC(C2CCNCC2)N1C. The van der Waals surface area contributed by atoms with E-state index in [0.29, 0.717) is 6.17 Å². The Kier molecular flexibility index (Phi) is 3.97. The highest BCUT2D eigenvalue weighted by molar-refractivity contribution is 4.82. The summed E-state index contributed by atoms with van der Waals surface area (Å²) < 4.78 is 0. The summed E-state index contributed by atoms with van der Waals surface area (Å²) in [5, 5.41) is 3.40. The number of nitrogens with zero attached hydrogens (tertiary/aromatic N) is 1. The molecule has 0 saturated carbocycles. The zero-order chi connectivity index (χ0) is 10.7. The van der Waals surface area contributed by atoms with Gasteiger partial charge in [0.25, 0.3) is 0 Å². The second-order valence-corrected chi connectivity index (χ2v) is 4.68. The minimum absolute atomic E-state index is 0.273. The number of piperidine rings is 1. The molecule has 4 heteroatoms. The maximum atomic E-state index is 5.63. The molecule has 0 bridgehead atoms. The van der Waals surface area contributed by atoms with Crippen molar-refractivity contribution in [1.82, 2.24) is 15.7 Å². The Morgan fingerprint density at radius 2 is 2.07 bits per heavy atom. The van der Waals surface area contributed by atoms with Gasteiger partial charge in [0.15, 0.2) is 0 Å². The number of hydrogen-bond acceptors (Lipinski definition) is 4. The summed E-state index contributed by atoms with van der Waals surface area (Å²) in [6.07, 6.45) is 5.49. The van der Waals surface area contributed by atoms with Crippen molar-refractivity contribution in [3.05, 3.63) is 0 Å². The van der Waals surface area contributed by atoms with E-state index in [1.165, 1.54) is 19.3 Å². The fourth-order valence-electron chi connectivity index (χ4n) is 2.59. The molecule has 4 nitrogen and oxygen atoms in total. The molecular weight excluding hydrogens is 190 g/mol. The molecule has 2 fully saturated rings. The van der Waals surface area contributed by atoms with Crippen LogP contribution in [-0.4, -0.2) is 37.4 Å². The lowest BCUT2D eigenvalue weighted by atomic mass is 9.94. The third kappa shape index (κ3) is 2.50. The smallest absolute Gasteiger partial charge is 0.133 e. The molecule has 0 amide bonds. The first kappa shape index (κ1) is 11.3. The molecule has 0 spiro atoms. The van der Waals surface area contributed by atoms with Crippen LogP contribution in [0.25, 0.3) is 0 Å². The minimum atomic E-state index is 0.273. The van der Waals surface area contributed by atoms with E-state index in [4.69, 9.17) is 4.84 Å². The lowest BCUT2D eigenvalue weighted by molar-refractivity contribution is -0.00829. The van der Waals surface area contributed by atoms with Crippen molar-refractivity contribution in [2.75, 3.05) is 20.1 Å². The standard InChI is InChI=1S/C11H23N3O/c1-3-4-10-14(2)11(13-15-10)9-5-7-12-8-6-9/h9-13H,3-8H2,1-2H3. The molecule has 0 aliphatic carbocycles. The van der Waals surface area contributed by atoms with Gasteiger partial charge < -0.3 is 5.32 Å². The average molecular weight is 213 g/mol. The number of nitrogens with one attached hydrogen (secondary N) is 2. The zero-order valence-electron chi connectivity index (χ0n) is 9.83. The van der Waals surface area contributed by atoms with E-state index in [0.717, 1.165) is 25.4 Å². The maximum Gasteiger partial charge on any atom is 0.133 e. The van der Waals surface area contributed by atoms with E-state index in [9.17, 15) is 0 Å². The number of hydrogen-bond donors (Lipinski definition) is 2. The van der Waals surface area contributed by atoms with Gasteiger partial charge in [0.1, 0.15) is 6.23 Å². The van der Waals surface area contributed by atoms with Crippen LogP contribution >= 0.6 is 0 Å². The second-order valence-electron chi connectivity index (χ2n) is 4.68. The summed E-state index contributed by atoms with van der Waals surface area (Å²) in [4.78, 5) is 7.99. The molecule has 0 radical (unpaired) electrons. The van der Waals surface area contributed by atoms with Crippen LogP contribution in [0, 0.1) is 5.92 Å². The molecular formula is C11H23N3O. The molecule has 15 heavy (non-hydrogen) atoms. The van der Waals surface area contributed by atoms with Crippen molar-refractivity contribution in [2.45, 2.75) is 45.0 Å². The summed E-state index contributed by atoms with van der Waals surface area (Å²) in [6.45, 7) is 4.50. The molecule has 2 aliphatic rings. The van der Waals surface area contributed by atoms with Crippen LogP contribution < -0.4 is 10.8 Å². The molecule has 2 saturated heterocycles. The van der Waals surface area contributed by atoms with Crippen LogP contribution in [0.4, 0.5) is 0 Å². The lowest BCUT2D eigenvalue weighted by Crippen LogP contribution is -2.45. The molecule has 2 unspecified atom stereocenters. The van der Waals surface area contributed by atoms with Gasteiger partial charge >= 0.3 is 0 Å². The van der Waals surface area contributed by atoms with Gasteiger partial charge in [0.05, 0.1) is 6.17 Å². The van der Waals surface area contributed by atoms with E-state index in [1.54, 1.807) is 0 Å². The van der Waals surface area contributed by atoms with Crippen molar-refractivity contribution in [3.63, 3.8) is 0 Å². The van der Waals surface area contributed by atoms with Crippen LogP contribution in [0.1, 0.15) is 32.6 Å². The maximum absolute atomic E-state index is 5.63. The monoisotopic (exact) mass is 213 g/mol. The van der Waals surface area contributed by atoms with E-state index >= 15 is 0 Å². The predicted octanol–water partition coefficient (Wildman–Crippen LogP) is 0.905. The van der Waals surface area contributed by atoms with Crippen molar-refractivity contribution in [2.24, 2.45) is 5.92 Å². The Hall–Kier alpha value is -0.160. The third-order valence-corrected chi connectivity index (χ3v) is 3.58. The first-order valence-electron chi connectivity index (χ1n) is 6.16. The topological polar surface area (TPSA) is 36.5 Å². The Morgan fingerprint density at radius 1 is 1.33 bits per heavy atom. The van der Waals surface area contributed by atoms with Gasteiger partial charge in [0.2, 0.25) is 0 Å². The lowest BCUT2D eigenvalue weighted by Gasteiger charge is -2.31. The molecule has 2 atom stereocenters. The fourth-order valence-corrected chi connectivity index (χ4v) is 2.59. The number of rotatable bonds is 3. The summed E-state index contributed by atoms with van der Waals surface area (Å²) >= 11 is 0. The van der Waals surface area contributed by atoms with E-state index in [-0.39, 0.29) is 6.23 Å². The van der Waals surface area contributed by atoms with Crippen LogP contribution in [0.3, 0.4) is 0 Å². The summed E-state index contributed by atoms with van der Waals surface area (Å²) in [5.41, 5.74) is 3.21. The molecule has 2 aliphatic heterocycles. The van der Waals surface area contributed by atoms with Crippen molar-refractivity contribution >= 4 is 0 Å². The van der Waals surface area contributed by atoms with Gasteiger partial charge in [-0.2, -0.15) is 5.48 Å². The highest BCUT2D eigenvalue weighted by atomic mass is 16.7. The van der Waals surface area contributed by atoms with Crippen molar-refractivity contribution in [3.8, 4) is 0 Å². The van der Waals surface area contributed by atoms with Crippen LogP contribution in [0.5, 0.6) is 0 Å². The molecule has 2 heterocycles. The van der Waals surface area contributed by atoms with Crippen LogP contribution in [0.15, 0.2) is 0 Å². The Labute approximate surface area is 92.3 Å². The summed E-state index contributed by atoms with van der Waals surface area (Å²) in [7, 11) is 2.17. The molecule has 2 rings (SSSR count). The highest BCUT2D eigenvalue weighted by Crippen LogP contribution is 2.25. The second kappa shape index (κ2) is 5.25. The normalized spacial score (nSPS) is 34.8. The Morgan fingerprint density at radius 3 is 2.73 bits per heavy atom. The molecule has 2 N–H and O–H groups in total. The van der Waals surface area contributed by atoms with Gasteiger partial charge in [-0.1, -0.05) is 13.3 Å². The molecule has 0 aromatic carbocycles. The first-order valence-corrected chi connectivity index (χ1v) is 6.16. The van der Waals surface area contributed by atoms with Crippen LogP contribution in [0.2, 0.25) is 0 Å². The van der Waals surface area contributed by atoms with E-state index in [2.05, 4.69) is 29.7 Å². The third-order valence-electron chi connectivity index (χ3n) is 3.58. The summed E-state index contributed by atoms with van der Waals surface area (Å²) in [5.74, 6) is 0.734. The number of hydroxylamine groups is 1. The van der Waals surface area contributed by atoms with Gasteiger partial charge in [0, 0.05) is 0 Å². The predicted molar refractivity (Wildman–Crippen MR) is 60.1 cm³/mol. The van der Waals surface area contributed by atoms with Gasteiger partial charge in [-0.05, 0) is 45.3 Å². The van der Waals surface area contributed by atoms with Crippen LogP contribution in [-0.2, 0) is 4.84 Å².